The van der Waals surface area contributed by atoms with Crippen LogP contribution in [0, 0.1) is 0 Å². The van der Waals surface area contributed by atoms with Gasteiger partial charge in [-0.2, -0.15) is 13.2 Å². The van der Waals surface area contributed by atoms with Crippen LogP contribution in [0.5, 0.6) is 0 Å². The minimum Gasteiger partial charge on any atom is -0.456 e. The monoisotopic (exact) mass is 238 g/mol. The average Bonchev–Trinajstić information content (AvgIpc) is 2.15. The predicted molar refractivity (Wildman–Crippen MR) is 54.9 cm³/mol. The van der Waals surface area contributed by atoms with Crippen molar-refractivity contribution in [2.75, 3.05) is 0 Å². The van der Waals surface area contributed by atoms with E-state index in [1.54, 1.807) is 13.8 Å². The molecule has 0 fully saturated rings. The first kappa shape index (κ1) is 15.0. The number of halogens is 3. The lowest BCUT2D eigenvalue weighted by Crippen LogP contribution is -2.33. The smallest absolute Gasteiger partial charge is 0.422 e. The average molecular weight is 238 g/mol. The van der Waals surface area contributed by atoms with Gasteiger partial charge in [-0.3, -0.25) is 0 Å². The van der Waals surface area contributed by atoms with Gasteiger partial charge in [0.2, 0.25) is 0 Å². The van der Waals surface area contributed by atoms with E-state index < -0.39 is 23.3 Å². The number of hydrogen-bond donors (Lipinski definition) is 0. The summed E-state index contributed by atoms with van der Waals surface area (Å²) in [7, 11) is 0. The lowest BCUT2D eigenvalue weighted by atomic mass is 9.97. The van der Waals surface area contributed by atoms with Gasteiger partial charge in [0.1, 0.15) is 11.2 Å². The van der Waals surface area contributed by atoms with Crippen molar-refractivity contribution >= 4 is 5.97 Å². The molecule has 0 saturated heterocycles. The minimum absolute atomic E-state index is 0.470. The summed E-state index contributed by atoms with van der Waals surface area (Å²) in [6, 6.07) is 0. The van der Waals surface area contributed by atoms with Crippen molar-refractivity contribution in [2.45, 2.75) is 51.8 Å². The maximum absolute atomic E-state index is 12.2. The summed E-state index contributed by atoms with van der Waals surface area (Å²) in [5.41, 5.74) is -2.30. The van der Waals surface area contributed by atoms with Crippen LogP contribution in [0.3, 0.4) is 0 Å². The van der Waals surface area contributed by atoms with Gasteiger partial charge in [0.25, 0.3) is 0 Å². The van der Waals surface area contributed by atoms with Crippen molar-refractivity contribution in [3.63, 3.8) is 0 Å². The Labute approximate surface area is 93.5 Å². The van der Waals surface area contributed by atoms with Crippen molar-refractivity contribution in [1.29, 1.82) is 0 Å². The van der Waals surface area contributed by atoms with Gasteiger partial charge in [0.05, 0.1) is 0 Å². The van der Waals surface area contributed by atoms with Gasteiger partial charge in [-0.05, 0) is 19.8 Å². The number of ether oxygens (including phenoxy) is 1. The molecule has 0 rings (SSSR count). The van der Waals surface area contributed by atoms with E-state index in [0.29, 0.717) is 12.8 Å². The molecule has 0 amide bonds. The molecule has 0 aromatic heterocycles. The van der Waals surface area contributed by atoms with Crippen molar-refractivity contribution in [2.24, 2.45) is 0 Å². The number of hydrogen-bond acceptors (Lipinski definition) is 2. The highest BCUT2D eigenvalue weighted by Gasteiger charge is 2.40. The second-order valence-corrected chi connectivity index (χ2v) is 3.92. The van der Waals surface area contributed by atoms with Crippen LogP contribution in [0.4, 0.5) is 13.2 Å². The van der Waals surface area contributed by atoms with Crippen LogP contribution in [0.25, 0.3) is 0 Å². The first-order chi connectivity index (χ1) is 7.16. The van der Waals surface area contributed by atoms with E-state index in [4.69, 9.17) is 4.74 Å². The molecular weight excluding hydrogens is 221 g/mol. The molecule has 0 aromatic rings. The molecule has 0 saturated carbocycles. The minimum atomic E-state index is -4.72. The SMILES string of the molecule is C=C(C(=O)OC(C)(CC)CCC)C(F)(F)F. The van der Waals surface area contributed by atoms with Gasteiger partial charge in [-0.1, -0.05) is 26.8 Å². The van der Waals surface area contributed by atoms with Crippen LogP contribution < -0.4 is 0 Å². The molecular formula is C11H17F3O2. The zero-order valence-electron chi connectivity index (χ0n) is 9.78. The zero-order chi connectivity index (χ0) is 13.0. The molecule has 16 heavy (non-hydrogen) atoms. The first-order valence-electron chi connectivity index (χ1n) is 5.15. The lowest BCUT2D eigenvalue weighted by molar-refractivity contribution is -0.164. The van der Waals surface area contributed by atoms with Gasteiger partial charge in [-0.15, -0.1) is 0 Å². The molecule has 0 aliphatic carbocycles. The fraction of sp³-hybridized carbons (Fsp3) is 0.727. The highest BCUT2D eigenvalue weighted by molar-refractivity contribution is 5.89. The van der Waals surface area contributed by atoms with Crippen molar-refractivity contribution < 1.29 is 22.7 Å². The van der Waals surface area contributed by atoms with Crippen LogP contribution in [-0.2, 0) is 9.53 Å². The number of esters is 1. The topological polar surface area (TPSA) is 26.3 Å². The Morgan fingerprint density at radius 2 is 1.81 bits per heavy atom. The van der Waals surface area contributed by atoms with E-state index in [2.05, 4.69) is 6.58 Å². The van der Waals surface area contributed by atoms with E-state index in [9.17, 15) is 18.0 Å². The largest absolute Gasteiger partial charge is 0.456 e. The van der Waals surface area contributed by atoms with Crippen molar-refractivity contribution in [3.05, 3.63) is 12.2 Å². The number of alkyl halides is 3. The number of carbonyl (C=O) groups is 1. The first-order valence-corrected chi connectivity index (χ1v) is 5.15. The van der Waals surface area contributed by atoms with E-state index in [1.165, 1.54) is 0 Å². The number of carbonyl (C=O) groups excluding carboxylic acids is 1. The summed E-state index contributed by atoms with van der Waals surface area (Å²) in [5, 5.41) is 0. The summed E-state index contributed by atoms with van der Waals surface area (Å²) < 4.78 is 41.3. The van der Waals surface area contributed by atoms with Gasteiger partial charge in [0, 0.05) is 0 Å². The summed E-state index contributed by atoms with van der Waals surface area (Å²) >= 11 is 0. The van der Waals surface area contributed by atoms with Gasteiger partial charge < -0.3 is 4.74 Å². The molecule has 0 aliphatic rings. The Morgan fingerprint density at radius 3 is 2.12 bits per heavy atom. The van der Waals surface area contributed by atoms with Gasteiger partial charge in [-0.25, -0.2) is 4.79 Å². The third-order valence-corrected chi connectivity index (χ3v) is 2.45. The molecule has 0 spiro atoms. The number of rotatable bonds is 5. The molecule has 5 heteroatoms. The van der Waals surface area contributed by atoms with Crippen molar-refractivity contribution in [3.8, 4) is 0 Å². The highest BCUT2D eigenvalue weighted by Crippen LogP contribution is 2.29. The highest BCUT2D eigenvalue weighted by atomic mass is 19.4. The predicted octanol–water partition coefficient (Wildman–Crippen LogP) is 3.62. The third kappa shape index (κ3) is 4.24. The lowest BCUT2D eigenvalue weighted by Gasteiger charge is -2.28. The normalized spacial score (nSPS) is 15.4. The molecule has 2 nitrogen and oxygen atoms in total. The summed E-state index contributed by atoms with van der Waals surface area (Å²) in [4.78, 5) is 11.2. The quantitative estimate of drug-likeness (QED) is 0.540. The molecule has 0 bridgehead atoms. The van der Waals surface area contributed by atoms with Crippen LogP contribution in [0.1, 0.15) is 40.0 Å². The molecule has 0 aromatic carbocycles. The van der Waals surface area contributed by atoms with E-state index in [-0.39, 0.29) is 0 Å². The summed E-state index contributed by atoms with van der Waals surface area (Å²) in [6.07, 6.45) is -2.99. The fourth-order valence-corrected chi connectivity index (χ4v) is 1.23. The molecule has 0 radical (unpaired) electrons. The second kappa shape index (κ2) is 5.37. The van der Waals surface area contributed by atoms with Crippen LogP contribution in [0.2, 0.25) is 0 Å². The van der Waals surface area contributed by atoms with Crippen molar-refractivity contribution in [1.82, 2.24) is 0 Å². The van der Waals surface area contributed by atoms with E-state index >= 15 is 0 Å². The van der Waals surface area contributed by atoms with Crippen LogP contribution >= 0.6 is 0 Å². The third-order valence-electron chi connectivity index (χ3n) is 2.45. The molecule has 94 valence electrons. The summed E-state index contributed by atoms with van der Waals surface area (Å²) in [5.74, 6) is -1.38. The summed E-state index contributed by atoms with van der Waals surface area (Å²) in [6.45, 7) is 7.97. The Morgan fingerprint density at radius 1 is 1.31 bits per heavy atom. The maximum atomic E-state index is 12.2. The van der Waals surface area contributed by atoms with Crippen LogP contribution in [0.15, 0.2) is 12.2 Å². The van der Waals surface area contributed by atoms with Crippen LogP contribution in [-0.4, -0.2) is 17.7 Å². The molecule has 1 atom stereocenters. The molecule has 0 N–H and O–H groups in total. The Kier molecular flexibility index (Phi) is 5.03. The van der Waals surface area contributed by atoms with E-state index in [0.717, 1.165) is 6.42 Å². The van der Waals surface area contributed by atoms with Gasteiger partial charge in [0.15, 0.2) is 0 Å². The molecule has 0 aliphatic heterocycles. The van der Waals surface area contributed by atoms with E-state index in [1.807, 2.05) is 6.92 Å². The Hall–Kier alpha value is -1.00. The second-order valence-electron chi connectivity index (χ2n) is 3.92. The van der Waals surface area contributed by atoms with Gasteiger partial charge >= 0.3 is 12.1 Å². The fourth-order valence-electron chi connectivity index (χ4n) is 1.23. The standard InChI is InChI=1S/C11H17F3O2/c1-5-7-10(4,6-2)16-9(15)8(3)11(12,13)14/h3,5-7H2,1-2,4H3. The Balaban J connectivity index is 4.60. The Bertz CT molecular complexity index is 271. The molecule has 0 heterocycles. The molecule has 1 unspecified atom stereocenters. The zero-order valence-corrected chi connectivity index (χ0v) is 9.78. The maximum Gasteiger partial charge on any atom is 0.422 e.